The summed E-state index contributed by atoms with van der Waals surface area (Å²) in [5.74, 6) is -0.678. The second-order valence-corrected chi connectivity index (χ2v) is 5.95. The van der Waals surface area contributed by atoms with Gasteiger partial charge in [-0.2, -0.15) is 0 Å². The van der Waals surface area contributed by atoms with Crippen LogP contribution in [0.15, 0.2) is 40.8 Å². The number of carbonyl (C=O) groups is 2. The molecule has 0 radical (unpaired) electrons. The van der Waals surface area contributed by atoms with Gasteiger partial charge in [0.1, 0.15) is 5.75 Å². The van der Waals surface area contributed by atoms with Crippen LogP contribution in [0.1, 0.15) is 27.5 Å². The molecule has 0 spiro atoms. The minimum absolute atomic E-state index is 0.0111. The number of benzene rings is 1. The summed E-state index contributed by atoms with van der Waals surface area (Å²) in [6, 6.07) is 10.5. The first-order chi connectivity index (χ1) is 12.1. The number of anilines is 1. The fourth-order valence-corrected chi connectivity index (χ4v) is 3.01. The van der Waals surface area contributed by atoms with Crippen LogP contribution in [0.2, 0.25) is 0 Å². The van der Waals surface area contributed by atoms with Crippen molar-refractivity contribution in [2.75, 3.05) is 31.6 Å². The molecule has 7 nitrogen and oxygen atoms in total. The van der Waals surface area contributed by atoms with Crippen LogP contribution in [-0.2, 0) is 0 Å². The smallest absolute Gasteiger partial charge is 0.371 e. The maximum atomic E-state index is 12.1. The topological polar surface area (TPSA) is 92.0 Å². The SMILES string of the molecule is COc1ccccc1N1CCC(CNC(=O)c2ccc(C(=O)O)o2)C1. The third kappa shape index (κ3) is 3.76. The zero-order valence-corrected chi connectivity index (χ0v) is 13.9. The molecule has 3 rings (SSSR count). The van der Waals surface area contributed by atoms with E-state index in [1.165, 1.54) is 12.1 Å². The molecule has 1 aromatic heterocycles. The van der Waals surface area contributed by atoms with E-state index in [1.54, 1.807) is 7.11 Å². The summed E-state index contributed by atoms with van der Waals surface area (Å²) in [6.07, 6.45) is 0.955. The van der Waals surface area contributed by atoms with Gasteiger partial charge in [0.05, 0.1) is 12.8 Å². The van der Waals surface area contributed by atoms with Crippen LogP contribution in [0.3, 0.4) is 0 Å². The molecule has 2 aromatic rings. The molecular weight excluding hydrogens is 324 g/mol. The highest BCUT2D eigenvalue weighted by Gasteiger charge is 2.25. The fraction of sp³-hybridized carbons (Fsp3) is 0.333. The van der Waals surface area contributed by atoms with Crippen molar-refractivity contribution in [1.29, 1.82) is 0 Å². The predicted octanol–water partition coefficient (Wildman–Crippen LogP) is 2.24. The van der Waals surface area contributed by atoms with Crippen LogP contribution in [0, 0.1) is 5.92 Å². The van der Waals surface area contributed by atoms with Crippen LogP contribution in [0.5, 0.6) is 5.75 Å². The Hall–Kier alpha value is -2.96. The number of nitrogens with one attached hydrogen (secondary N) is 1. The number of methoxy groups -OCH3 is 1. The molecule has 7 heteroatoms. The Bertz CT molecular complexity index is 770. The van der Waals surface area contributed by atoms with Crippen molar-refractivity contribution in [3.8, 4) is 5.75 Å². The fourth-order valence-electron chi connectivity index (χ4n) is 3.01. The Morgan fingerprint density at radius 3 is 2.76 bits per heavy atom. The van der Waals surface area contributed by atoms with E-state index >= 15 is 0 Å². The number of hydrogen-bond donors (Lipinski definition) is 2. The Kier molecular flexibility index (Phi) is 4.92. The first kappa shape index (κ1) is 16.9. The highest BCUT2D eigenvalue weighted by Crippen LogP contribution is 2.31. The van der Waals surface area contributed by atoms with E-state index in [-0.39, 0.29) is 11.5 Å². The zero-order chi connectivity index (χ0) is 17.8. The summed E-state index contributed by atoms with van der Waals surface area (Å²) in [7, 11) is 1.65. The highest BCUT2D eigenvalue weighted by atomic mass is 16.5. The molecular formula is C18H20N2O5. The lowest BCUT2D eigenvalue weighted by Gasteiger charge is -2.21. The number of nitrogens with zero attached hydrogens (tertiary/aromatic N) is 1. The molecule has 1 aromatic carbocycles. The van der Waals surface area contributed by atoms with Gasteiger partial charge in [-0.3, -0.25) is 4.79 Å². The van der Waals surface area contributed by atoms with E-state index in [9.17, 15) is 9.59 Å². The van der Waals surface area contributed by atoms with E-state index in [0.717, 1.165) is 30.9 Å². The van der Waals surface area contributed by atoms with Crippen LogP contribution in [-0.4, -0.2) is 43.7 Å². The molecule has 1 atom stereocenters. The average Bonchev–Trinajstić information content (AvgIpc) is 3.29. The number of furan rings is 1. The number of carbonyl (C=O) groups excluding carboxylic acids is 1. The molecule has 1 amide bonds. The van der Waals surface area contributed by atoms with Crippen molar-refractivity contribution >= 4 is 17.6 Å². The van der Waals surface area contributed by atoms with Crippen LogP contribution >= 0.6 is 0 Å². The lowest BCUT2D eigenvalue weighted by atomic mass is 10.1. The van der Waals surface area contributed by atoms with Crippen LogP contribution < -0.4 is 15.0 Å². The molecule has 1 aliphatic rings. The lowest BCUT2D eigenvalue weighted by molar-refractivity contribution is 0.0659. The average molecular weight is 344 g/mol. The standard InChI is InChI=1S/C18H20N2O5/c1-24-14-5-3-2-4-13(14)20-9-8-12(11-20)10-19-17(21)15-6-7-16(25-15)18(22)23/h2-7,12H,8-11H2,1H3,(H,19,21)(H,22,23). The molecule has 25 heavy (non-hydrogen) atoms. The molecule has 0 aliphatic carbocycles. The van der Waals surface area contributed by atoms with Gasteiger partial charge in [0, 0.05) is 19.6 Å². The van der Waals surface area contributed by atoms with Gasteiger partial charge < -0.3 is 24.5 Å². The summed E-state index contributed by atoms with van der Waals surface area (Å²) >= 11 is 0. The molecule has 1 fully saturated rings. The van der Waals surface area contributed by atoms with Gasteiger partial charge in [0.25, 0.3) is 5.91 Å². The quantitative estimate of drug-likeness (QED) is 0.835. The highest BCUT2D eigenvalue weighted by molar-refractivity contribution is 5.93. The van der Waals surface area contributed by atoms with E-state index in [0.29, 0.717) is 12.5 Å². The van der Waals surface area contributed by atoms with Crippen LogP contribution in [0.25, 0.3) is 0 Å². The van der Waals surface area contributed by atoms with Crippen molar-refractivity contribution in [2.24, 2.45) is 5.92 Å². The van der Waals surface area contributed by atoms with Crippen molar-refractivity contribution in [3.05, 3.63) is 47.9 Å². The first-order valence-electron chi connectivity index (χ1n) is 8.07. The molecule has 2 N–H and O–H groups in total. The number of para-hydroxylation sites is 2. The molecule has 0 saturated carbocycles. The lowest BCUT2D eigenvalue weighted by Crippen LogP contribution is -2.30. The van der Waals surface area contributed by atoms with Gasteiger partial charge >= 0.3 is 5.97 Å². The number of amides is 1. The summed E-state index contributed by atoms with van der Waals surface area (Å²) < 4.78 is 10.4. The van der Waals surface area contributed by atoms with E-state index in [1.807, 2.05) is 24.3 Å². The maximum Gasteiger partial charge on any atom is 0.371 e. The second kappa shape index (κ2) is 7.29. The van der Waals surface area contributed by atoms with Crippen molar-refractivity contribution in [2.45, 2.75) is 6.42 Å². The summed E-state index contributed by atoms with van der Waals surface area (Å²) in [6.45, 7) is 2.22. The van der Waals surface area contributed by atoms with E-state index < -0.39 is 11.9 Å². The monoisotopic (exact) mass is 344 g/mol. The zero-order valence-electron chi connectivity index (χ0n) is 13.9. The van der Waals surface area contributed by atoms with E-state index in [4.69, 9.17) is 14.3 Å². The van der Waals surface area contributed by atoms with Gasteiger partial charge in [-0.15, -0.1) is 0 Å². The summed E-state index contributed by atoms with van der Waals surface area (Å²) in [5, 5.41) is 11.6. The van der Waals surface area contributed by atoms with Gasteiger partial charge in [-0.25, -0.2) is 4.79 Å². The Labute approximate surface area is 145 Å². The molecule has 2 heterocycles. The molecule has 1 unspecified atom stereocenters. The number of ether oxygens (including phenoxy) is 1. The molecule has 1 aliphatic heterocycles. The number of rotatable bonds is 6. The third-order valence-corrected chi connectivity index (χ3v) is 4.30. The Morgan fingerprint density at radius 1 is 1.28 bits per heavy atom. The molecule has 1 saturated heterocycles. The predicted molar refractivity (Wildman–Crippen MR) is 91.3 cm³/mol. The van der Waals surface area contributed by atoms with Crippen molar-refractivity contribution in [3.63, 3.8) is 0 Å². The van der Waals surface area contributed by atoms with Crippen molar-refractivity contribution in [1.82, 2.24) is 5.32 Å². The molecule has 0 bridgehead atoms. The Balaban J connectivity index is 1.54. The largest absolute Gasteiger partial charge is 0.495 e. The first-order valence-corrected chi connectivity index (χ1v) is 8.07. The third-order valence-electron chi connectivity index (χ3n) is 4.30. The van der Waals surface area contributed by atoms with Crippen molar-refractivity contribution < 1.29 is 23.8 Å². The maximum absolute atomic E-state index is 12.1. The van der Waals surface area contributed by atoms with Gasteiger partial charge in [-0.05, 0) is 36.6 Å². The minimum atomic E-state index is -1.19. The second-order valence-electron chi connectivity index (χ2n) is 5.95. The molecule has 132 valence electrons. The number of carboxylic acid groups (broad SMARTS) is 1. The number of hydrogen-bond acceptors (Lipinski definition) is 5. The normalized spacial score (nSPS) is 16.7. The number of carboxylic acids is 1. The van der Waals surface area contributed by atoms with Crippen LogP contribution in [0.4, 0.5) is 5.69 Å². The number of aromatic carboxylic acids is 1. The van der Waals surface area contributed by atoms with E-state index in [2.05, 4.69) is 10.2 Å². The van der Waals surface area contributed by atoms with Gasteiger partial charge in [0.15, 0.2) is 5.76 Å². The van der Waals surface area contributed by atoms with Gasteiger partial charge in [0.2, 0.25) is 5.76 Å². The van der Waals surface area contributed by atoms with Gasteiger partial charge in [-0.1, -0.05) is 12.1 Å². The summed E-state index contributed by atoms with van der Waals surface area (Å²) in [4.78, 5) is 25.1. The Morgan fingerprint density at radius 2 is 2.04 bits per heavy atom. The minimum Gasteiger partial charge on any atom is -0.495 e. The summed E-state index contributed by atoms with van der Waals surface area (Å²) in [5.41, 5.74) is 1.05.